The number of ether oxygens (including phenoxy) is 1. The molecule has 0 amide bonds. The maximum absolute atomic E-state index is 9.47. The fraction of sp³-hybridized carbons (Fsp3) is 0.333. The van der Waals surface area contributed by atoms with Gasteiger partial charge in [0.1, 0.15) is 11.5 Å². The summed E-state index contributed by atoms with van der Waals surface area (Å²) in [6.07, 6.45) is 3.18. The van der Waals surface area contributed by atoms with Crippen molar-refractivity contribution in [1.29, 1.82) is 0 Å². The van der Waals surface area contributed by atoms with Gasteiger partial charge >= 0.3 is 0 Å². The van der Waals surface area contributed by atoms with Crippen LogP contribution in [0.5, 0.6) is 5.75 Å². The Hall–Kier alpha value is -1.74. The number of aliphatic hydroxyl groups is 1. The number of methoxy groups -OCH3 is 1. The summed E-state index contributed by atoms with van der Waals surface area (Å²) in [5, 5.41) is 9.47. The van der Waals surface area contributed by atoms with E-state index in [0.29, 0.717) is 0 Å². The fourth-order valence-corrected chi connectivity index (χ4v) is 2.10. The van der Waals surface area contributed by atoms with E-state index in [0.717, 1.165) is 29.9 Å². The van der Waals surface area contributed by atoms with Gasteiger partial charge in [-0.25, -0.2) is 0 Å². The van der Waals surface area contributed by atoms with Gasteiger partial charge in [0, 0.05) is 13.0 Å². The number of para-hydroxylation sites is 1. The molecule has 1 N–H and O–H groups in total. The lowest BCUT2D eigenvalue weighted by Crippen LogP contribution is -2.13. The first kappa shape index (κ1) is 12.7. The molecular weight excluding hydrogens is 228 g/mol. The highest BCUT2D eigenvalue weighted by molar-refractivity contribution is 5.33. The van der Waals surface area contributed by atoms with E-state index in [2.05, 4.69) is 0 Å². The highest BCUT2D eigenvalue weighted by Gasteiger charge is 2.13. The van der Waals surface area contributed by atoms with Gasteiger partial charge in [0.15, 0.2) is 0 Å². The first-order valence-electron chi connectivity index (χ1n) is 6.08. The normalized spacial score (nSPS) is 12.3. The molecule has 1 heterocycles. The predicted molar refractivity (Wildman–Crippen MR) is 69.7 cm³/mol. The third-order valence-corrected chi connectivity index (χ3v) is 3.03. The molecule has 0 aliphatic carbocycles. The number of aliphatic hydroxyl groups excluding tert-OH is 1. The molecule has 0 fully saturated rings. The number of furan rings is 1. The third kappa shape index (κ3) is 3.14. The second-order valence-electron chi connectivity index (χ2n) is 4.35. The molecule has 1 aromatic carbocycles. The topological polar surface area (TPSA) is 42.6 Å². The lowest BCUT2D eigenvalue weighted by atomic mass is 9.95. The first-order chi connectivity index (χ1) is 8.83. The Labute approximate surface area is 107 Å². The average Bonchev–Trinajstić information content (AvgIpc) is 2.91. The fourth-order valence-electron chi connectivity index (χ4n) is 2.10. The molecule has 0 aliphatic rings. The molecule has 18 heavy (non-hydrogen) atoms. The van der Waals surface area contributed by atoms with Crippen LogP contribution in [0.1, 0.15) is 11.3 Å². The standard InChI is InChI=1S/C15H18O3/c1-17-15-7-3-2-5-13(15)9-12(11-16)10-14-6-4-8-18-14/h2-8,12,16H,9-11H2,1H3. The maximum atomic E-state index is 9.47. The summed E-state index contributed by atoms with van der Waals surface area (Å²) in [4.78, 5) is 0. The molecule has 0 saturated heterocycles. The van der Waals surface area contributed by atoms with Gasteiger partial charge in [0.05, 0.1) is 13.4 Å². The van der Waals surface area contributed by atoms with Crippen LogP contribution in [0.2, 0.25) is 0 Å². The zero-order valence-electron chi connectivity index (χ0n) is 10.5. The van der Waals surface area contributed by atoms with Crippen molar-refractivity contribution in [2.24, 2.45) is 5.92 Å². The molecule has 1 unspecified atom stereocenters. The molecule has 2 rings (SSSR count). The van der Waals surface area contributed by atoms with Crippen LogP contribution in [0.4, 0.5) is 0 Å². The van der Waals surface area contributed by atoms with Gasteiger partial charge < -0.3 is 14.3 Å². The molecule has 0 radical (unpaired) electrons. The van der Waals surface area contributed by atoms with Crippen LogP contribution in [0.25, 0.3) is 0 Å². The molecule has 0 aliphatic heterocycles. The van der Waals surface area contributed by atoms with Crippen LogP contribution in [-0.4, -0.2) is 18.8 Å². The van der Waals surface area contributed by atoms with Crippen LogP contribution in [0.3, 0.4) is 0 Å². The van der Waals surface area contributed by atoms with Gasteiger partial charge in [0.2, 0.25) is 0 Å². The third-order valence-electron chi connectivity index (χ3n) is 3.03. The molecule has 1 aromatic heterocycles. The first-order valence-corrected chi connectivity index (χ1v) is 6.08. The van der Waals surface area contributed by atoms with E-state index in [4.69, 9.17) is 9.15 Å². The summed E-state index contributed by atoms with van der Waals surface area (Å²) < 4.78 is 10.6. The quantitative estimate of drug-likeness (QED) is 0.852. The molecule has 0 spiro atoms. The van der Waals surface area contributed by atoms with Crippen LogP contribution in [-0.2, 0) is 12.8 Å². The zero-order valence-corrected chi connectivity index (χ0v) is 10.5. The van der Waals surface area contributed by atoms with E-state index in [-0.39, 0.29) is 12.5 Å². The zero-order chi connectivity index (χ0) is 12.8. The highest BCUT2D eigenvalue weighted by Crippen LogP contribution is 2.22. The number of hydrogen-bond acceptors (Lipinski definition) is 3. The van der Waals surface area contributed by atoms with Gasteiger partial charge in [-0.2, -0.15) is 0 Å². The van der Waals surface area contributed by atoms with Crippen LogP contribution in [0, 0.1) is 5.92 Å². The largest absolute Gasteiger partial charge is 0.496 e. The van der Waals surface area contributed by atoms with Crippen molar-refractivity contribution >= 4 is 0 Å². The van der Waals surface area contributed by atoms with Crippen molar-refractivity contribution in [3.05, 3.63) is 54.0 Å². The molecule has 3 nitrogen and oxygen atoms in total. The summed E-state index contributed by atoms with van der Waals surface area (Å²) in [5.74, 6) is 1.92. The molecular formula is C15H18O3. The van der Waals surface area contributed by atoms with E-state index in [9.17, 15) is 5.11 Å². The summed E-state index contributed by atoms with van der Waals surface area (Å²) in [6.45, 7) is 0.138. The van der Waals surface area contributed by atoms with E-state index in [1.165, 1.54) is 0 Å². The van der Waals surface area contributed by atoms with Crippen molar-refractivity contribution < 1.29 is 14.3 Å². The van der Waals surface area contributed by atoms with Gasteiger partial charge in [-0.05, 0) is 36.1 Å². The lowest BCUT2D eigenvalue weighted by molar-refractivity contribution is 0.218. The van der Waals surface area contributed by atoms with Gasteiger partial charge in [-0.1, -0.05) is 18.2 Å². The molecule has 3 heteroatoms. The molecule has 0 saturated carbocycles. The molecule has 0 bridgehead atoms. The number of benzene rings is 1. The summed E-state index contributed by atoms with van der Waals surface area (Å²) in [7, 11) is 1.67. The SMILES string of the molecule is COc1ccccc1CC(CO)Cc1ccco1. The van der Waals surface area contributed by atoms with Gasteiger partial charge in [-0.3, -0.25) is 0 Å². The maximum Gasteiger partial charge on any atom is 0.122 e. The second-order valence-corrected chi connectivity index (χ2v) is 4.35. The van der Waals surface area contributed by atoms with E-state index in [1.807, 2.05) is 36.4 Å². The summed E-state index contributed by atoms with van der Waals surface area (Å²) in [5.41, 5.74) is 1.12. The minimum absolute atomic E-state index is 0.138. The Balaban J connectivity index is 2.05. The van der Waals surface area contributed by atoms with E-state index in [1.54, 1.807) is 13.4 Å². The average molecular weight is 246 g/mol. The van der Waals surface area contributed by atoms with E-state index < -0.39 is 0 Å². The Bertz CT molecular complexity index is 462. The molecule has 2 aromatic rings. The summed E-state index contributed by atoms with van der Waals surface area (Å²) in [6, 6.07) is 11.7. The Morgan fingerprint density at radius 1 is 1.17 bits per heavy atom. The minimum atomic E-state index is 0.138. The van der Waals surface area contributed by atoms with Gasteiger partial charge in [0.25, 0.3) is 0 Å². The summed E-state index contributed by atoms with van der Waals surface area (Å²) >= 11 is 0. The monoisotopic (exact) mass is 246 g/mol. The minimum Gasteiger partial charge on any atom is -0.496 e. The number of hydrogen-bond donors (Lipinski definition) is 1. The smallest absolute Gasteiger partial charge is 0.122 e. The molecule has 1 atom stereocenters. The van der Waals surface area contributed by atoms with Crippen LogP contribution >= 0.6 is 0 Å². The Morgan fingerprint density at radius 2 is 2.00 bits per heavy atom. The second kappa shape index (κ2) is 6.26. The van der Waals surface area contributed by atoms with Crippen molar-refractivity contribution in [1.82, 2.24) is 0 Å². The Kier molecular flexibility index (Phi) is 4.42. The van der Waals surface area contributed by atoms with Gasteiger partial charge in [-0.15, -0.1) is 0 Å². The van der Waals surface area contributed by atoms with Crippen molar-refractivity contribution in [2.75, 3.05) is 13.7 Å². The Morgan fingerprint density at radius 3 is 2.67 bits per heavy atom. The van der Waals surface area contributed by atoms with Crippen molar-refractivity contribution in [2.45, 2.75) is 12.8 Å². The van der Waals surface area contributed by atoms with Crippen molar-refractivity contribution in [3.8, 4) is 5.75 Å². The van der Waals surface area contributed by atoms with Crippen LogP contribution < -0.4 is 4.74 Å². The highest BCUT2D eigenvalue weighted by atomic mass is 16.5. The predicted octanol–water partition coefficient (Wildman–Crippen LogP) is 2.68. The van der Waals surface area contributed by atoms with E-state index >= 15 is 0 Å². The number of rotatable bonds is 6. The molecule has 96 valence electrons. The van der Waals surface area contributed by atoms with Crippen LogP contribution in [0.15, 0.2) is 47.1 Å². The lowest BCUT2D eigenvalue weighted by Gasteiger charge is -2.15. The van der Waals surface area contributed by atoms with Crippen molar-refractivity contribution in [3.63, 3.8) is 0 Å².